The normalized spacial score (nSPS) is 10.9. The van der Waals surface area contributed by atoms with Crippen LogP contribution in [0.2, 0.25) is 0 Å². The van der Waals surface area contributed by atoms with Gasteiger partial charge in [0.2, 0.25) is 0 Å². The van der Waals surface area contributed by atoms with Crippen molar-refractivity contribution in [2.45, 2.75) is 12.8 Å². The van der Waals surface area contributed by atoms with Gasteiger partial charge in [-0.1, -0.05) is 0 Å². The van der Waals surface area contributed by atoms with E-state index in [2.05, 4.69) is 25.5 Å². The smallest absolute Gasteiger partial charge is 0.340 e. The fourth-order valence-corrected chi connectivity index (χ4v) is 2.04. The number of carbonyl (C=O) groups excluding carboxylic acids is 1. The maximum absolute atomic E-state index is 12.0. The molecule has 0 atom stereocenters. The summed E-state index contributed by atoms with van der Waals surface area (Å²) < 4.78 is 1.80. The molecule has 3 aromatic heterocycles. The maximum atomic E-state index is 12.0. The Morgan fingerprint density at radius 1 is 1.38 bits per heavy atom. The van der Waals surface area contributed by atoms with E-state index in [0.717, 1.165) is 5.52 Å². The molecule has 0 saturated heterocycles. The number of aromatic amines is 2. The van der Waals surface area contributed by atoms with E-state index in [1.54, 1.807) is 29.2 Å². The molecule has 3 aromatic rings. The lowest BCUT2D eigenvalue weighted by atomic mass is 10.2. The fourth-order valence-electron chi connectivity index (χ4n) is 2.04. The Morgan fingerprint density at radius 2 is 2.29 bits per heavy atom. The van der Waals surface area contributed by atoms with Crippen molar-refractivity contribution < 1.29 is 4.79 Å². The first-order valence-corrected chi connectivity index (χ1v) is 6.56. The van der Waals surface area contributed by atoms with Gasteiger partial charge in [-0.3, -0.25) is 9.78 Å². The lowest BCUT2D eigenvalue weighted by molar-refractivity contribution is 0.0952. The van der Waals surface area contributed by atoms with Crippen LogP contribution >= 0.6 is 0 Å². The summed E-state index contributed by atoms with van der Waals surface area (Å²) in [4.78, 5) is 29.4. The van der Waals surface area contributed by atoms with Crippen molar-refractivity contribution in [1.82, 2.24) is 29.9 Å². The van der Waals surface area contributed by atoms with Crippen LogP contribution in [0.5, 0.6) is 0 Å². The van der Waals surface area contributed by atoms with E-state index < -0.39 is 0 Å². The van der Waals surface area contributed by atoms with Gasteiger partial charge in [0.15, 0.2) is 0 Å². The zero-order valence-electron chi connectivity index (χ0n) is 11.2. The molecule has 8 heteroatoms. The third kappa shape index (κ3) is 2.99. The van der Waals surface area contributed by atoms with Gasteiger partial charge in [-0.15, -0.1) is 0 Å². The highest BCUT2D eigenvalue weighted by Crippen LogP contribution is 2.05. The summed E-state index contributed by atoms with van der Waals surface area (Å²) in [6.45, 7) is 0.510. The standard InChI is InChI=1S/C13H14N6O2/c20-12(9-3-4-10-6-14-8-19(10)7-9)15-5-1-2-11-16-13(21)18-17-11/h3-4,6-8H,1-2,5H2,(H,15,20)(H2,16,17,18,21). The molecule has 0 fully saturated rings. The van der Waals surface area contributed by atoms with Crippen molar-refractivity contribution in [2.75, 3.05) is 6.54 Å². The van der Waals surface area contributed by atoms with Crippen LogP contribution in [0.15, 0.2) is 35.6 Å². The summed E-state index contributed by atoms with van der Waals surface area (Å²) in [5.41, 5.74) is 1.20. The minimum Gasteiger partial charge on any atom is -0.352 e. The first-order chi connectivity index (χ1) is 10.2. The van der Waals surface area contributed by atoms with Gasteiger partial charge in [0.05, 0.1) is 23.6 Å². The Morgan fingerprint density at radius 3 is 3.10 bits per heavy atom. The number of carbonyl (C=O) groups is 1. The Bertz CT molecular complexity index is 815. The van der Waals surface area contributed by atoms with E-state index in [4.69, 9.17) is 0 Å². The van der Waals surface area contributed by atoms with Crippen molar-refractivity contribution in [2.24, 2.45) is 0 Å². The first-order valence-electron chi connectivity index (χ1n) is 6.56. The van der Waals surface area contributed by atoms with Gasteiger partial charge in [-0.25, -0.2) is 14.9 Å². The highest BCUT2D eigenvalue weighted by molar-refractivity contribution is 5.94. The molecule has 3 heterocycles. The van der Waals surface area contributed by atoms with Crippen LogP contribution in [0.1, 0.15) is 22.6 Å². The van der Waals surface area contributed by atoms with Crippen LogP contribution < -0.4 is 11.0 Å². The van der Waals surface area contributed by atoms with Crippen LogP contribution in [0, 0.1) is 0 Å². The summed E-state index contributed by atoms with van der Waals surface area (Å²) in [5, 5.41) is 8.93. The van der Waals surface area contributed by atoms with E-state index >= 15 is 0 Å². The molecule has 0 bridgehead atoms. The second-order valence-corrected chi connectivity index (χ2v) is 4.63. The Balaban J connectivity index is 1.52. The molecule has 0 radical (unpaired) electrons. The molecule has 1 amide bonds. The zero-order chi connectivity index (χ0) is 14.7. The average molecular weight is 286 g/mol. The lowest BCUT2D eigenvalue weighted by Crippen LogP contribution is -2.25. The summed E-state index contributed by atoms with van der Waals surface area (Å²) in [5.74, 6) is 0.454. The average Bonchev–Trinajstić information content (AvgIpc) is 3.11. The molecule has 3 rings (SSSR count). The molecule has 21 heavy (non-hydrogen) atoms. The number of aryl methyl sites for hydroxylation is 1. The molecular weight excluding hydrogens is 272 g/mol. The van der Waals surface area contributed by atoms with Crippen molar-refractivity contribution in [3.05, 3.63) is 52.7 Å². The SMILES string of the molecule is O=C(NCCCc1n[nH]c(=O)[nH]1)c1ccc2cncn2c1. The number of aromatic nitrogens is 5. The number of H-pyrrole nitrogens is 2. The predicted octanol–water partition coefficient (Wildman–Crippen LogP) is 0.108. The number of nitrogens with zero attached hydrogens (tertiary/aromatic N) is 3. The van der Waals surface area contributed by atoms with E-state index in [9.17, 15) is 9.59 Å². The summed E-state index contributed by atoms with van der Waals surface area (Å²) in [7, 11) is 0. The highest BCUT2D eigenvalue weighted by atomic mass is 16.2. The van der Waals surface area contributed by atoms with Crippen LogP contribution in [0.4, 0.5) is 0 Å². The minimum absolute atomic E-state index is 0.138. The minimum atomic E-state index is -0.317. The number of rotatable bonds is 5. The second-order valence-electron chi connectivity index (χ2n) is 4.63. The molecular formula is C13H14N6O2. The quantitative estimate of drug-likeness (QED) is 0.578. The number of amides is 1. The van der Waals surface area contributed by atoms with Crippen molar-refractivity contribution in [3.63, 3.8) is 0 Å². The van der Waals surface area contributed by atoms with E-state index in [1.807, 2.05) is 6.07 Å². The number of fused-ring (bicyclic) bond motifs is 1. The second kappa shape index (κ2) is 5.61. The van der Waals surface area contributed by atoms with Crippen molar-refractivity contribution in [3.8, 4) is 0 Å². The Kier molecular flexibility index (Phi) is 3.50. The molecule has 0 aliphatic heterocycles. The molecule has 0 unspecified atom stereocenters. The summed E-state index contributed by atoms with van der Waals surface area (Å²) in [6.07, 6.45) is 6.41. The third-order valence-electron chi connectivity index (χ3n) is 3.10. The van der Waals surface area contributed by atoms with Gasteiger partial charge in [0.25, 0.3) is 5.91 Å². The molecule has 0 saturated carbocycles. The monoisotopic (exact) mass is 286 g/mol. The highest BCUT2D eigenvalue weighted by Gasteiger charge is 2.06. The van der Waals surface area contributed by atoms with Gasteiger partial charge < -0.3 is 9.72 Å². The number of hydrogen-bond acceptors (Lipinski definition) is 4. The molecule has 108 valence electrons. The number of imidazole rings is 1. The number of nitrogens with one attached hydrogen (secondary N) is 3. The largest absolute Gasteiger partial charge is 0.352 e. The summed E-state index contributed by atoms with van der Waals surface area (Å²) in [6, 6.07) is 3.61. The van der Waals surface area contributed by atoms with Crippen LogP contribution in [-0.2, 0) is 6.42 Å². The van der Waals surface area contributed by atoms with Gasteiger partial charge >= 0.3 is 5.69 Å². The van der Waals surface area contributed by atoms with Crippen LogP contribution in [0.25, 0.3) is 5.52 Å². The van der Waals surface area contributed by atoms with Crippen molar-refractivity contribution in [1.29, 1.82) is 0 Å². The molecule has 0 aromatic carbocycles. The molecule has 0 aliphatic carbocycles. The first kappa shape index (κ1) is 13.1. The molecule has 0 aliphatic rings. The Hall–Kier alpha value is -2.90. The van der Waals surface area contributed by atoms with Gasteiger partial charge in [-0.2, -0.15) is 5.10 Å². The molecule has 0 spiro atoms. The van der Waals surface area contributed by atoms with Crippen LogP contribution in [0.3, 0.4) is 0 Å². The molecule has 3 N–H and O–H groups in total. The molecule has 8 nitrogen and oxygen atoms in total. The number of hydrogen-bond donors (Lipinski definition) is 3. The van der Waals surface area contributed by atoms with E-state index in [-0.39, 0.29) is 11.6 Å². The van der Waals surface area contributed by atoms with Gasteiger partial charge in [-0.05, 0) is 18.6 Å². The van der Waals surface area contributed by atoms with E-state index in [1.165, 1.54) is 0 Å². The zero-order valence-corrected chi connectivity index (χ0v) is 11.2. The van der Waals surface area contributed by atoms with Gasteiger partial charge in [0.1, 0.15) is 5.82 Å². The third-order valence-corrected chi connectivity index (χ3v) is 3.10. The fraction of sp³-hybridized carbons (Fsp3) is 0.231. The summed E-state index contributed by atoms with van der Waals surface area (Å²) >= 11 is 0. The lowest BCUT2D eigenvalue weighted by Gasteiger charge is -2.05. The number of pyridine rings is 1. The van der Waals surface area contributed by atoms with E-state index in [0.29, 0.717) is 30.8 Å². The predicted molar refractivity (Wildman–Crippen MR) is 75.1 cm³/mol. The topological polar surface area (TPSA) is 108 Å². The van der Waals surface area contributed by atoms with Gasteiger partial charge in [0, 0.05) is 19.2 Å². The van der Waals surface area contributed by atoms with Crippen molar-refractivity contribution >= 4 is 11.4 Å². The maximum Gasteiger partial charge on any atom is 0.340 e. The Labute approximate surface area is 119 Å². The van der Waals surface area contributed by atoms with Crippen LogP contribution in [-0.4, -0.2) is 37.0 Å².